The zero-order valence-corrected chi connectivity index (χ0v) is 12.8. The van der Waals surface area contributed by atoms with Crippen molar-refractivity contribution in [2.75, 3.05) is 5.32 Å². The third-order valence-electron chi connectivity index (χ3n) is 3.36. The number of benzene rings is 2. The van der Waals surface area contributed by atoms with E-state index in [9.17, 15) is 9.59 Å². The molecule has 0 aliphatic carbocycles. The molecule has 7 nitrogen and oxygen atoms in total. The Labute approximate surface area is 137 Å². The monoisotopic (exact) mass is 322 g/mol. The number of carbonyl (C=O) groups is 2. The summed E-state index contributed by atoms with van der Waals surface area (Å²) in [6, 6.07) is 13.3. The SMILES string of the molecule is Cc1noc(-c2ccc(C(=O)Nc3ccccc3C(N)=O)cc2)n1. The molecular weight excluding hydrogens is 308 g/mol. The Hall–Kier alpha value is -3.48. The molecular formula is C17H14N4O3. The summed E-state index contributed by atoms with van der Waals surface area (Å²) < 4.78 is 5.08. The van der Waals surface area contributed by atoms with Gasteiger partial charge in [0.25, 0.3) is 17.7 Å². The quantitative estimate of drug-likeness (QED) is 0.766. The van der Waals surface area contributed by atoms with Gasteiger partial charge in [-0.1, -0.05) is 17.3 Å². The molecule has 0 fully saturated rings. The lowest BCUT2D eigenvalue weighted by atomic mass is 10.1. The first-order valence-electron chi connectivity index (χ1n) is 7.15. The predicted octanol–water partition coefficient (Wildman–Crippen LogP) is 2.40. The van der Waals surface area contributed by atoms with Crippen LogP contribution in [-0.2, 0) is 0 Å². The molecule has 0 saturated heterocycles. The first kappa shape index (κ1) is 15.4. The largest absolute Gasteiger partial charge is 0.366 e. The molecule has 120 valence electrons. The minimum atomic E-state index is -0.604. The van der Waals surface area contributed by atoms with Crippen LogP contribution in [0.3, 0.4) is 0 Å². The lowest BCUT2D eigenvalue weighted by molar-refractivity contribution is 0.100. The van der Waals surface area contributed by atoms with E-state index in [2.05, 4.69) is 15.5 Å². The highest BCUT2D eigenvalue weighted by Crippen LogP contribution is 2.19. The van der Waals surface area contributed by atoms with Crippen LogP contribution in [0.15, 0.2) is 53.1 Å². The molecule has 0 atom stereocenters. The van der Waals surface area contributed by atoms with Crippen molar-refractivity contribution in [1.29, 1.82) is 0 Å². The Morgan fingerprint density at radius 2 is 1.79 bits per heavy atom. The fourth-order valence-corrected chi connectivity index (χ4v) is 2.18. The van der Waals surface area contributed by atoms with Gasteiger partial charge in [-0.2, -0.15) is 4.98 Å². The van der Waals surface area contributed by atoms with Gasteiger partial charge in [0, 0.05) is 11.1 Å². The first-order chi connectivity index (χ1) is 11.5. The van der Waals surface area contributed by atoms with Crippen LogP contribution in [0, 0.1) is 6.92 Å². The van der Waals surface area contributed by atoms with Crippen molar-refractivity contribution in [1.82, 2.24) is 10.1 Å². The number of nitrogens with one attached hydrogen (secondary N) is 1. The van der Waals surface area contributed by atoms with Crippen LogP contribution in [0.25, 0.3) is 11.5 Å². The fourth-order valence-electron chi connectivity index (χ4n) is 2.18. The number of para-hydroxylation sites is 1. The van der Waals surface area contributed by atoms with Crippen LogP contribution in [0.5, 0.6) is 0 Å². The van der Waals surface area contributed by atoms with E-state index in [1.807, 2.05) is 0 Å². The number of carbonyl (C=O) groups excluding carboxylic acids is 2. The van der Waals surface area contributed by atoms with Crippen LogP contribution in [0.1, 0.15) is 26.5 Å². The van der Waals surface area contributed by atoms with Crippen molar-refractivity contribution in [2.45, 2.75) is 6.92 Å². The van der Waals surface area contributed by atoms with Gasteiger partial charge in [0.15, 0.2) is 5.82 Å². The van der Waals surface area contributed by atoms with E-state index in [0.29, 0.717) is 28.5 Å². The Balaban J connectivity index is 1.80. The molecule has 0 radical (unpaired) electrons. The van der Waals surface area contributed by atoms with E-state index >= 15 is 0 Å². The summed E-state index contributed by atoms with van der Waals surface area (Å²) >= 11 is 0. The number of hydrogen-bond acceptors (Lipinski definition) is 5. The molecule has 2 amide bonds. The summed E-state index contributed by atoms with van der Waals surface area (Å²) in [5, 5.41) is 6.40. The van der Waals surface area contributed by atoms with Gasteiger partial charge in [0.05, 0.1) is 11.3 Å². The Morgan fingerprint density at radius 1 is 1.08 bits per heavy atom. The normalized spacial score (nSPS) is 10.4. The smallest absolute Gasteiger partial charge is 0.257 e. The summed E-state index contributed by atoms with van der Waals surface area (Å²) in [6.45, 7) is 1.73. The maximum atomic E-state index is 12.3. The van der Waals surface area contributed by atoms with Crippen molar-refractivity contribution in [3.63, 3.8) is 0 Å². The second-order valence-corrected chi connectivity index (χ2v) is 5.09. The predicted molar refractivity (Wildman–Crippen MR) is 87.4 cm³/mol. The Kier molecular flexibility index (Phi) is 4.07. The summed E-state index contributed by atoms with van der Waals surface area (Å²) in [4.78, 5) is 27.8. The molecule has 1 heterocycles. The number of aromatic nitrogens is 2. The van der Waals surface area contributed by atoms with E-state index in [0.717, 1.165) is 0 Å². The summed E-state index contributed by atoms with van der Waals surface area (Å²) in [7, 11) is 0. The molecule has 0 saturated carbocycles. The molecule has 0 unspecified atom stereocenters. The second-order valence-electron chi connectivity index (χ2n) is 5.09. The van der Waals surface area contributed by atoms with Crippen molar-refractivity contribution >= 4 is 17.5 Å². The topological polar surface area (TPSA) is 111 Å². The molecule has 7 heteroatoms. The number of aryl methyl sites for hydroxylation is 1. The standard InChI is InChI=1S/C17H14N4O3/c1-10-19-17(24-21-10)12-8-6-11(7-9-12)16(23)20-14-5-3-2-4-13(14)15(18)22/h2-9H,1H3,(H2,18,22)(H,20,23). The van der Waals surface area contributed by atoms with Crippen molar-refractivity contribution in [2.24, 2.45) is 5.73 Å². The van der Waals surface area contributed by atoms with Crippen LogP contribution >= 0.6 is 0 Å². The maximum absolute atomic E-state index is 12.3. The van der Waals surface area contributed by atoms with Gasteiger partial charge in [-0.05, 0) is 43.3 Å². The number of primary amides is 1. The number of rotatable bonds is 4. The maximum Gasteiger partial charge on any atom is 0.257 e. The second kappa shape index (κ2) is 6.33. The number of amides is 2. The minimum Gasteiger partial charge on any atom is -0.366 e. The highest BCUT2D eigenvalue weighted by atomic mass is 16.5. The molecule has 3 N–H and O–H groups in total. The van der Waals surface area contributed by atoms with E-state index in [1.54, 1.807) is 55.5 Å². The van der Waals surface area contributed by atoms with Crippen LogP contribution in [-0.4, -0.2) is 22.0 Å². The Morgan fingerprint density at radius 3 is 2.42 bits per heavy atom. The van der Waals surface area contributed by atoms with Gasteiger partial charge in [-0.15, -0.1) is 0 Å². The molecule has 3 rings (SSSR count). The fraction of sp³-hybridized carbons (Fsp3) is 0.0588. The summed E-state index contributed by atoms with van der Waals surface area (Å²) in [5.41, 5.74) is 7.06. The zero-order chi connectivity index (χ0) is 17.1. The molecule has 0 aliphatic rings. The molecule has 0 aliphatic heterocycles. The van der Waals surface area contributed by atoms with Gasteiger partial charge in [-0.25, -0.2) is 0 Å². The van der Waals surface area contributed by atoms with Crippen molar-refractivity contribution in [3.8, 4) is 11.5 Å². The third kappa shape index (κ3) is 3.14. The van der Waals surface area contributed by atoms with Gasteiger partial charge in [0.1, 0.15) is 0 Å². The summed E-state index contributed by atoms with van der Waals surface area (Å²) in [5.74, 6) is -0.0293. The lowest BCUT2D eigenvalue weighted by Gasteiger charge is -2.09. The first-order valence-corrected chi connectivity index (χ1v) is 7.15. The van der Waals surface area contributed by atoms with Crippen molar-refractivity contribution in [3.05, 3.63) is 65.5 Å². The average molecular weight is 322 g/mol. The highest BCUT2D eigenvalue weighted by molar-refractivity contribution is 6.08. The van der Waals surface area contributed by atoms with Gasteiger partial charge < -0.3 is 15.6 Å². The van der Waals surface area contributed by atoms with E-state index in [1.165, 1.54) is 0 Å². The Bertz CT molecular complexity index is 900. The number of nitrogens with two attached hydrogens (primary N) is 1. The lowest BCUT2D eigenvalue weighted by Crippen LogP contribution is -2.18. The van der Waals surface area contributed by atoms with Gasteiger partial charge in [0.2, 0.25) is 0 Å². The average Bonchev–Trinajstić information content (AvgIpc) is 3.02. The summed E-state index contributed by atoms with van der Waals surface area (Å²) in [6.07, 6.45) is 0. The molecule has 0 bridgehead atoms. The highest BCUT2D eigenvalue weighted by Gasteiger charge is 2.13. The van der Waals surface area contributed by atoms with E-state index in [-0.39, 0.29) is 11.5 Å². The van der Waals surface area contributed by atoms with E-state index < -0.39 is 5.91 Å². The van der Waals surface area contributed by atoms with Gasteiger partial charge in [-0.3, -0.25) is 9.59 Å². The number of nitrogens with zero attached hydrogens (tertiary/aromatic N) is 2. The zero-order valence-electron chi connectivity index (χ0n) is 12.8. The van der Waals surface area contributed by atoms with E-state index in [4.69, 9.17) is 10.3 Å². The number of anilines is 1. The molecule has 3 aromatic rings. The molecule has 0 spiro atoms. The van der Waals surface area contributed by atoms with Crippen LogP contribution < -0.4 is 11.1 Å². The van der Waals surface area contributed by atoms with Crippen LogP contribution in [0.2, 0.25) is 0 Å². The molecule has 24 heavy (non-hydrogen) atoms. The molecule has 2 aromatic carbocycles. The number of hydrogen-bond donors (Lipinski definition) is 2. The third-order valence-corrected chi connectivity index (χ3v) is 3.36. The minimum absolute atomic E-state index is 0.254. The van der Waals surface area contributed by atoms with Crippen LogP contribution in [0.4, 0.5) is 5.69 Å². The van der Waals surface area contributed by atoms with Crippen molar-refractivity contribution < 1.29 is 14.1 Å². The molecule has 1 aromatic heterocycles. The van der Waals surface area contributed by atoms with Gasteiger partial charge >= 0.3 is 0 Å².